The van der Waals surface area contributed by atoms with Crippen LogP contribution in [0.1, 0.15) is 18.0 Å². The molecule has 0 bridgehead atoms. The van der Waals surface area contributed by atoms with Crippen LogP contribution in [-0.4, -0.2) is 31.7 Å². The fourth-order valence-electron chi connectivity index (χ4n) is 2.84. The van der Waals surface area contributed by atoms with Crippen molar-refractivity contribution in [2.45, 2.75) is 23.5 Å². The van der Waals surface area contributed by atoms with Crippen LogP contribution in [0.4, 0.5) is 23.7 Å². The molecule has 1 heterocycles. The number of anilines is 1. The number of hydrogen-bond donors (Lipinski definition) is 2. The number of benzene rings is 2. The van der Waals surface area contributed by atoms with E-state index in [0.717, 1.165) is 22.6 Å². The summed E-state index contributed by atoms with van der Waals surface area (Å²) in [6, 6.07) is 11.6. The van der Waals surface area contributed by atoms with Crippen molar-refractivity contribution in [1.29, 1.82) is 0 Å². The summed E-state index contributed by atoms with van der Waals surface area (Å²) >= 11 is 1.74. The summed E-state index contributed by atoms with van der Waals surface area (Å²) in [6.07, 6.45) is -3.68. The van der Waals surface area contributed by atoms with Crippen LogP contribution >= 0.6 is 11.8 Å². The van der Waals surface area contributed by atoms with Crippen molar-refractivity contribution in [2.24, 2.45) is 0 Å². The van der Waals surface area contributed by atoms with Gasteiger partial charge in [-0.1, -0.05) is 18.2 Å². The number of hydrogen-bond acceptors (Lipinski definition) is 4. The summed E-state index contributed by atoms with van der Waals surface area (Å²) in [6.45, 7) is -1.45. The average Bonchev–Trinajstić information content (AvgIpc) is 2.66. The lowest BCUT2D eigenvalue weighted by atomic mass is 10.0. The highest BCUT2D eigenvalue weighted by Crippen LogP contribution is 2.36. The van der Waals surface area contributed by atoms with Gasteiger partial charge in [-0.15, -0.1) is 11.8 Å². The molecule has 0 aliphatic carbocycles. The van der Waals surface area contributed by atoms with Crippen LogP contribution < -0.4 is 20.1 Å². The number of carbonyl (C=O) groups excluding carboxylic acids is 1. The van der Waals surface area contributed by atoms with E-state index in [1.807, 2.05) is 24.3 Å². The zero-order chi connectivity index (χ0) is 20.1. The van der Waals surface area contributed by atoms with Crippen LogP contribution in [0, 0.1) is 0 Å². The Morgan fingerprint density at radius 2 is 2.00 bits per heavy atom. The summed E-state index contributed by atoms with van der Waals surface area (Å²) in [4.78, 5) is 13.5. The van der Waals surface area contributed by atoms with Crippen LogP contribution in [0.25, 0.3) is 0 Å². The molecule has 2 N–H and O–H groups in total. The van der Waals surface area contributed by atoms with E-state index in [4.69, 9.17) is 9.47 Å². The third-order valence-electron chi connectivity index (χ3n) is 4.08. The van der Waals surface area contributed by atoms with Crippen molar-refractivity contribution in [2.75, 3.05) is 24.8 Å². The highest BCUT2D eigenvalue weighted by molar-refractivity contribution is 7.99. The molecule has 9 heteroatoms. The van der Waals surface area contributed by atoms with Gasteiger partial charge in [-0.05, 0) is 30.2 Å². The fourth-order valence-corrected chi connectivity index (χ4v) is 3.97. The quantitative estimate of drug-likeness (QED) is 0.726. The smallest absolute Gasteiger partial charge is 0.422 e. The first-order valence-electron chi connectivity index (χ1n) is 8.52. The fraction of sp³-hybridized carbons (Fsp3) is 0.316. The molecular formula is C19H19F3N2O3S. The second-order valence-electron chi connectivity index (χ2n) is 6.10. The van der Waals surface area contributed by atoms with E-state index in [2.05, 4.69) is 10.6 Å². The standard InChI is InChI=1S/C19H19F3N2O3S/c1-26-15-7-6-12(10-16(15)27-11-19(20,21)22)23-18(25)24-14-8-9-28-17-5-3-2-4-13(14)17/h2-7,10,14H,8-9,11H2,1H3,(H2,23,24,25). The van der Waals surface area contributed by atoms with E-state index in [1.165, 1.54) is 25.3 Å². The van der Waals surface area contributed by atoms with Gasteiger partial charge in [0.2, 0.25) is 0 Å². The molecule has 2 aromatic carbocycles. The Hall–Kier alpha value is -2.55. The van der Waals surface area contributed by atoms with Gasteiger partial charge >= 0.3 is 12.2 Å². The number of halogens is 3. The Morgan fingerprint density at radius 3 is 2.75 bits per heavy atom. The molecule has 5 nitrogen and oxygen atoms in total. The number of methoxy groups -OCH3 is 1. The summed E-state index contributed by atoms with van der Waals surface area (Å²) in [7, 11) is 1.33. The first-order valence-corrected chi connectivity index (χ1v) is 9.51. The van der Waals surface area contributed by atoms with Crippen molar-refractivity contribution in [1.82, 2.24) is 5.32 Å². The maximum atomic E-state index is 12.4. The van der Waals surface area contributed by atoms with Crippen LogP contribution in [0.15, 0.2) is 47.4 Å². The van der Waals surface area contributed by atoms with Gasteiger partial charge in [0.15, 0.2) is 18.1 Å². The normalized spacial score (nSPS) is 16.1. The predicted octanol–water partition coefficient (Wildman–Crippen LogP) is 4.99. The van der Waals surface area contributed by atoms with Crippen LogP contribution in [-0.2, 0) is 0 Å². The van der Waals surface area contributed by atoms with Crippen LogP contribution in [0.5, 0.6) is 11.5 Å². The first kappa shape index (κ1) is 20.2. The SMILES string of the molecule is COc1ccc(NC(=O)NC2CCSc3ccccc32)cc1OCC(F)(F)F. The largest absolute Gasteiger partial charge is 0.493 e. The van der Waals surface area contributed by atoms with Crippen LogP contribution in [0.2, 0.25) is 0 Å². The molecule has 0 radical (unpaired) electrons. The molecule has 1 unspecified atom stereocenters. The minimum Gasteiger partial charge on any atom is -0.493 e. The summed E-state index contributed by atoms with van der Waals surface area (Å²) in [5.74, 6) is 0.936. The Kier molecular flexibility index (Phi) is 6.23. The molecule has 0 saturated carbocycles. The molecule has 0 spiro atoms. The highest BCUT2D eigenvalue weighted by atomic mass is 32.2. The molecule has 0 aromatic heterocycles. The molecule has 1 aliphatic rings. The predicted molar refractivity (Wildman–Crippen MR) is 101 cm³/mol. The molecule has 0 fully saturated rings. The monoisotopic (exact) mass is 412 g/mol. The second kappa shape index (κ2) is 8.64. The number of fused-ring (bicyclic) bond motifs is 1. The average molecular weight is 412 g/mol. The van der Waals surface area contributed by atoms with E-state index < -0.39 is 18.8 Å². The molecule has 28 heavy (non-hydrogen) atoms. The minimum absolute atomic E-state index is 0.1000. The maximum Gasteiger partial charge on any atom is 0.422 e. The van der Waals surface area contributed by atoms with Crippen molar-refractivity contribution < 1.29 is 27.4 Å². The molecule has 0 saturated heterocycles. The zero-order valence-electron chi connectivity index (χ0n) is 15.0. The number of carbonyl (C=O) groups is 1. The molecule has 3 rings (SSSR count). The van der Waals surface area contributed by atoms with Gasteiger partial charge in [0.05, 0.1) is 13.2 Å². The van der Waals surface area contributed by atoms with Crippen molar-refractivity contribution in [3.63, 3.8) is 0 Å². The van der Waals surface area contributed by atoms with E-state index in [1.54, 1.807) is 11.8 Å². The zero-order valence-corrected chi connectivity index (χ0v) is 15.8. The number of nitrogens with one attached hydrogen (secondary N) is 2. The second-order valence-corrected chi connectivity index (χ2v) is 7.23. The van der Waals surface area contributed by atoms with Gasteiger partial charge < -0.3 is 20.1 Å². The number of urea groups is 1. The molecule has 1 aliphatic heterocycles. The van der Waals surface area contributed by atoms with Crippen molar-refractivity contribution in [3.8, 4) is 11.5 Å². The third kappa shape index (κ3) is 5.25. The highest BCUT2D eigenvalue weighted by Gasteiger charge is 2.29. The lowest BCUT2D eigenvalue weighted by Crippen LogP contribution is -2.34. The molecular weight excluding hydrogens is 393 g/mol. The Morgan fingerprint density at radius 1 is 1.21 bits per heavy atom. The van der Waals surface area contributed by atoms with Crippen molar-refractivity contribution >= 4 is 23.5 Å². The van der Waals surface area contributed by atoms with E-state index in [9.17, 15) is 18.0 Å². The first-order chi connectivity index (χ1) is 13.4. The van der Waals surface area contributed by atoms with E-state index in [-0.39, 0.29) is 17.5 Å². The van der Waals surface area contributed by atoms with Crippen molar-refractivity contribution in [3.05, 3.63) is 48.0 Å². The number of rotatable bonds is 5. The molecule has 1 atom stereocenters. The van der Waals surface area contributed by atoms with Gasteiger partial charge in [-0.3, -0.25) is 0 Å². The molecule has 150 valence electrons. The summed E-state index contributed by atoms with van der Waals surface area (Å²) < 4.78 is 47.1. The third-order valence-corrected chi connectivity index (χ3v) is 5.20. The number of amides is 2. The topological polar surface area (TPSA) is 59.6 Å². The summed E-state index contributed by atoms with van der Waals surface area (Å²) in [5, 5.41) is 5.55. The van der Waals surface area contributed by atoms with E-state index >= 15 is 0 Å². The molecule has 2 amide bonds. The van der Waals surface area contributed by atoms with Gasteiger partial charge in [-0.25, -0.2) is 4.79 Å². The Labute approximate surface area is 164 Å². The number of thioether (sulfide) groups is 1. The van der Waals surface area contributed by atoms with E-state index in [0.29, 0.717) is 5.69 Å². The summed E-state index contributed by atoms with van der Waals surface area (Å²) in [5.41, 5.74) is 1.35. The Balaban J connectivity index is 1.67. The lowest BCUT2D eigenvalue weighted by molar-refractivity contribution is -0.153. The maximum absolute atomic E-state index is 12.4. The van der Waals surface area contributed by atoms with Gasteiger partial charge in [-0.2, -0.15) is 13.2 Å². The lowest BCUT2D eigenvalue weighted by Gasteiger charge is -2.26. The Bertz CT molecular complexity index is 845. The molecule has 2 aromatic rings. The minimum atomic E-state index is -4.47. The van der Waals surface area contributed by atoms with Gasteiger partial charge in [0.25, 0.3) is 0 Å². The van der Waals surface area contributed by atoms with Gasteiger partial charge in [0, 0.05) is 22.4 Å². The van der Waals surface area contributed by atoms with Gasteiger partial charge in [0.1, 0.15) is 0 Å². The number of alkyl halides is 3. The van der Waals surface area contributed by atoms with Crippen LogP contribution in [0.3, 0.4) is 0 Å². The number of ether oxygens (including phenoxy) is 2.